The van der Waals surface area contributed by atoms with Crippen LogP contribution in [0.25, 0.3) is 0 Å². The molecule has 1 N–H and O–H groups in total. The molecule has 2 heterocycles. The number of nitrogens with zero attached hydrogens (tertiary/aromatic N) is 4. The zero-order chi connectivity index (χ0) is 17.3. The van der Waals surface area contributed by atoms with Crippen LogP contribution in [0.3, 0.4) is 0 Å². The van der Waals surface area contributed by atoms with Crippen LogP contribution in [0.2, 0.25) is 0 Å². The van der Waals surface area contributed by atoms with E-state index in [0.717, 1.165) is 16.9 Å². The predicted octanol–water partition coefficient (Wildman–Crippen LogP) is 2.20. The van der Waals surface area contributed by atoms with Gasteiger partial charge in [-0.3, -0.25) is 0 Å². The van der Waals surface area contributed by atoms with E-state index in [9.17, 15) is 4.79 Å². The largest absolute Gasteiger partial charge is 0.463 e. The van der Waals surface area contributed by atoms with Crippen LogP contribution < -0.4 is 10.2 Å². The Hall–Kier alpha value is -2.83. The Morgan fingerprint density at radius 2 is 2.04 bits per heavy atom. The highest BCUT2D eigenvalue weighted by molar-refractivity contribution is 5.92. The molecule has 126 valence electrons. The third-order valence-corrected chi connectivity index (χ3v) is 4.01. The van der Waals surface area contributed by atoms with Gasteiger partial charge in [0.15, 0.2) is 0 Å². The van der Waals surface area contributed by atoms with Gasteiger partial charge in [0.1, 0.15) is 12.4 Å². The molecule has 7 nitrogen and oxygen atoms in total. The standard InChI is InChI=1S/C17H21N5O2/c1-5-24-16(23)14-11(2)20-17-18-10-19-22(17)15(14)12-6-8-13(9-7-12)21(3)4/h6-10,15H,5H2,1-4H3,(H,18,19,20)/t15-/m0/s1. The van der Waals surface area contributed by atoms with Gasteiger partial charge < -0.3 is 15.0 Å². The summed E-state index contributed by atoms with van der Waals surface area (Å²) in [6, 6.07) is 7.68. The van der Waals surface area contributed by atoms with Crippen molar-refractivity contribution in [2.75, 3.05) is 30.9 Å². The topological polar surface area (TPSA) is 72.3 Å². The van der Waals surface area contributed by atoms with Crippen LogP contribution in [0.5, 0.6) is 0 Å². The summed E-state index contributed by atoms with van der Waals surface area (Å²) in [5.74, 6) is 0.271. The molecular formula is C17H21N5O2. The lowest BCUT2D eigenvalue weighted by Gasteiger charge is -2.28. The minimum Gasteiger partial charge on any atom is -0.463 e. The molecule has 0 amide bonds. The monoisotopic (exact) mass is 327 g/mol. The first-order valence-corrected chi connectivity index (χ1v) is 7.84. The lowest BCUT2D eigenvalue weighted by atomic mass is 9.95. The van der Waals surface area contributed by atoms with Crippen molar-refractivity contribution >= 4 is 17.6 Å². The van der Waals surface area contributed by atoms with Crippen LogP contribution in [0.1, 0.15) is 25.5 Å². The van der Waals surface area contributed by atoms with E-state index in [1.165, 1.54) is 6.33 Å². The Morgan fingerprint density at radius 1 is 1.33 bits per heavy atom. The van der Waals surface area contributed by atoms with E-state index in [2.05, 4.69) is 15.4 Å². The summed E-state index contributed by atoms with van der Waals surface area (Å²) in [4.78, 5) is 18.8. The average Bonchev–Trinajstić information content (AvgIpc) is 3.01. The molecule has 0 bridgehead atoms. The number of esters is 1. The van der Waals surface area contributed by atoms with Gasteiger partial charge in [0, 0.05) is 25.5 Å². The first-order chi connectivity index (χ1) is 11.5. The quantitative estimate of drug-likeness (QED) is 0.868. The van der Waals surface area contributed by atoms with Crippen LogP contribution in [0, 0.1) is 0 Å². The number of benzene rings is 1. The number of rotatable bonds is 4. The average molecular weight is 327 g/mol. The maximum absolute atomic E-state index is 12.5. The summed E-state index contributed by atoms with van der Waals surface area (Å²) in [7, 11) is 3.98. The molecule has 0 aliphatic carbocycles. The van der Waals surface area contributed by atoms with Crippen molar-refractivity contribution in [3.8, 4) is 0 Å². The van der Waals surface area contributed by atoms with E-state index in [4.69, 9.17) is 4.74 Å². The summed E-state index contributed by atoms with van der Waals surface area (Å²) in [5.41, 5.74) is 3.32. The Labute approximate surface area is 140 Å². The molecule has 0 radical (unpaired) electrons. The van der Waals surface area contributed by atoms with Gasteiger partial charge in [0.25, 0.3) is 0 Å². The predicted molar refractivity (Wildman–Crippen MR) is 91.9 cm³/mol. The SMILES string of the molecule is CCOC(=O)C1=C(C)Nc2ncnn2[C@H]1c1ccc(N(C)C)cc1. The Kier molecular flexibility index (Phi) is 4.24. The second-order valence-corrected chi connectivity index (χ2v) is 5.80. The lowest BCUT2D eigenvalue weighted by Crippen LogP contribution is -2.29. The Morgan fingerprint density at radius 3 is 2.67 bits per heavy atom. The van der Waals surface area contributed by atoms with Crippen LogP contribution >= 0.6 is 0 Å². The van der Waals surface area contributed by atoms with Crippen molar-refractivity contribution in [3.63, 3.8) is 0 Å². The maximum atomic E-state index is 12.5. The summed E-state index contributed by atoms with van der Waals surface area (Å²) in [6.45, 7) is 3.98. The number of carbonyl (C=O) groups excluding carboxylic acids is 1. The number of anilines is 2. The molecule has 0 fully saturated rings. The molecule has 0 spiro atoms. The molecule has 0 unspecified atom stereocenters. The highest BCUT2D eigenvalue weighted by Crippen LogP contribution is 2.35. The summed E-state index contributed by atoms with van der Waals surface area (Å²) < 4.78 is 6.96. The van der Waals surface area contributed by atoms with Gasteiger partial charge in [-0.1, -0.05) is 12.1 Å². The molecular weight excluding hydrogens is 306 g/mol. The Balaban J connectivity index is 2.08. The summed E-state index contributed by atoms with van der Waals surface area (Å²) in [6.07, 6.45) is 1.48. The fourth-order valence-corrected chi connectivity index (χ4v) is 2.83. The van der Waals surface area contributed by atoms with Gasteiger partial charge in [0.05, 0.1) is 12.2 Å². The lowest BCUT2D eigenvalue weighted by molar-refractivity contribution is -0.139. The molecule has 1 atom stereocenters. The number of nitrogens with one attached hydrogen (secondary N) is 1. The molecule has 24 heavy (non-hydrogen) atoms. The maximum Gasteiger partial charge on any atom is 0.338 e. The molecule has 7 heteroatoms. The van der Waals surface area contributed by atoms with Crippen LogP contribution in [-0.4, -0.2) is 41.4 Å². The zero-order valence-electron chi connectivity index (χ0n) is 14.3. The molecule has 1 aromatic carbocycles. The molecule has 1 aliphatic heterocycles. The number of carbonyl (C=O) groups is 1. The number of aromatic nitrogens is 3. The molecule has 1 aliphatic rings. The second kappa shape index (κ2) is 6.35. The number of fused-ring (bicyclic) bond motifs is 1. The fourth-order valence-electron chi connectivity index (χ4n) is 2.83. The van der Waals surface area contributed by atoms with Crippen molar-refractivity contribution in [2.45, 2.75) is 19.9 Å². The van der Waals surface area contributed by atoms with Crippen LogP contribution in [-0.2, 0) is 9.53 Å². The molecule has 1 aromatic heterocycles. The molecule has 0 saturated heterocycles. The third-order valence-electron chi connectivity index (χ3n) is 4.01. The van der Waals surface area contributed by atoms with E-state index in [0.29, 0.717) is 18.1 Å². The molecule has 0 saturated carbocycles. The van der Waals surface area contributed by atoms with E-state index >= 15 is 0 Å². The normalized spacial score (nSPS) is 16.4. The van der Waals surface area contributed by atoms with Crippen molar-refractivity contribution < 1.29 is 9.53 Å². The van der Waals surface area contributed by atoms with Crippen LogP contribution in [0.4, 0.5) is 11.6 Å². The van der Waals surface area contributed by atoms with Gasteiger partial charge in [-0.05, 0) is 31.5 Å². The zero-order valence-corrected chi connectivity index (χ0v) is 14.3. The number of hydrogen-bond donors (Lipinski definition) is 1. The van der Waals surface area contributed by atoms with E-state index in [-0.39, 0.29) is 12.0 Å². The van der Waals surface area contributed by atoms with Crippen LogP contribution in [0.15, 0.2) is 41.9 Å². The van der Waals surface area contributed by atoms with Gasteiger partial charge in [0.2, 0.25) is 5.95 Å². The number of ether oxygens (including phenoxy) is 1. The van der Waals surface area contributed by atoms with Crippen molar-refractivity contribution in [1.82, 2.24) is 14.8 Å². The minimum absolute atomic E-state index is 0.326. The van der Waals surface area contributed by atoms with Gasteiger partial charge in [-0.2, -0.15) is 10.1 Å². The van der Waals surface area contributed by atoms with Crippen molar-refractivity contribution in [3.05, 3.63) is 47.4 Å². The summed E-state index contributed by atoms with van der Waals surface area (Å²) in [5, 5.41) is 7.41. The summed E-state index contributed by atoms with van der Waals surface area (Å²) >= 11 is 0. The smallest absolute Gasteiger partial charge is 0.338 e. The fraction of sp³-hybridized carbons (Fsp3) is 0.353. The Bertz CT molecular complexity index is 777. The van der Waals surface area contributed by atoms with Gasteiger partial charge in [-0.15, -0.1) is 0 Å². The van der Waals surface area contributed by atoms with Crippen molar-refractivity contribution in [1.29, 1.82) is 0 Å². The van der Waals surface area contributed by atoms with E-state index in [1.54, 1.807) is 11.6 Å². The van der Waals surface area contributed by atoms with E-state index < -0.39 is 0 Å². The van der Waals surface area contributed by atoms with Crippen molar-refractivity contribution in [2.24, 2.45) is 0 Å². The molecule has 3 rings (SSSR count). The molecule has 2 aromatic rings. The highest BCUT2D eigenvalue weighted by atomic mass is 16.5. The first kappa shape index (κ1) is 16.0. The second-order valence-electron chi connectivity index (χ2n) is 5.80. The van der Waals surface area contributed by atoms with E-state index in [1.807, 2.05) is 50.2 Å². The third kappa shape index (κ3) is 2.73. The minimum atomic E-state index is -0.362. The first-order valence-electron chi connectivity index (χ1n) is 7.84. The number of hydrogen-bond acceptors (Lipinski definition) is 6. The van der Waals surface area contributed by atoms with Gasteiger partial charge in [-0.25, -0.2) is 9.48 Å². The van der Waals surface area contributed by atoms with Gasteiger partial charge >= 0.3 is 5.97 Å². The highest BCUT2D eigenvalue weighted by Gasteiger charge is 2.34. The number of allylic oxidation sites excluding steroid dienone is 1.